The van der Waals surface area contributed by atoms with Crippen LogP contribution in [0.5, 0.6) is 17.2 Å². The number of likely N-dealkylation sites (N-methyl/N-ethyl adjacent to an activating group) is 1. The Morgan fingerprint density at radius 2 is 1.85 bits per heavy atom. The second kappa shape index (κ2) is 12.4. The Labute approximate surface area is 242 Å². The molecule has 1 aliphatic carbocycles. The number of phenolic OH excluding ortho intramolecular Hbond substituents is 1. The summed E-state index contributed by atoms with van der Waals surface area (Å²) in [5, 5.41) is 10.2. The van der Waals surface area contributed by atoms with Crippen molar-refractivity contribution in [3.05, 3.63) is 82.9 Å². The fourth-order valence-electron chi connectivity index (χ4n) is 6.12. The number of anilines is 1. The number of aromatic hydroxyl groups is 1. The van der Waals surface area contributed by atoms with Gasteiger partial charge in [0, 0.05) is 26.7 Å². The summed E-state index contributed by atoms with van der Waals surface area (Å²) in [4.78, 5) is 16.3. The third-order valence-electron chi connectivity index (χ3n) is 8.21. The van der Waals surface area contributed by atoms with Gasteiger partial charge in [-0.1, -0.05) is 31.7 Å². The largest absolute Gasteiger partial charge is 0.508 e. The highest BCUT2D eigenvalue weighted by molar-refractivity contribution is 6.02. The van der Waals surface area contributed by atoms with Crippen molar-refractivity contribution in [3.8, 4) is 17.2 Å². The van der Waals surface area contributed by atoms with Gasteiger partial charge in [0.1, 0.15) is 23.4 Å². The number of alkyl halides is 1. The van der Waals surface area contributed by atoms with Crippen molar-refractivity contribution < 1.29 is 23.8 Å². The Hall–Kier alpha value is -3.84. The molecule has 1 N–H and O–H groups in total. The highest BCUT2D eigenvalue weighted by Gasteiger charge is 2.26. The van der Waals surface area contributed by atoms with Crippen LogP contribution in [0.2, 0.25) is 0 Å². The molecule has 216 valence electrons. The van der Waals surface area contributed by atoms with Gasteiger partial charge in [-0.25, -0.2) is 0 Å². The first kappa shape index (κ1) is 28.7. The number of ether oxygens (including phenoxy) is 2. The molecule has 6 nitrogen and oxygen atoms in total. The summed E-state index contributed by atoms with van der Waals surface area (Å²) in [5.74, 6) is 1.75. The summed E-state index contributed by atoms with van der Waals surface area (Å²) in [6.07, 6.45) is 4.29. The van der Waals surface area contributed by atoms with Gasteiger partial charge in [-0.15, -0.1) is 0 Å². The van der Waals surface area contributed by atoms with Crippen LogP contribution in [0.1, 0.15) is 55.4 Å². The van der Waals surface area contributed by atoms with Crippen LogP contribution < -0.4 is 14.4 Å². The van der Waals surface area contributed by atoms with E-state index in [4.69, 9.17) is 9.47 Å². The van der Waals surface area contributed by atoms with E-state index in [1.807, 2.05) is 30.3 Å². The third kappa shape index (κ3) is 5.96. The number of hydrogen-bond acceptors (Lipinski definition) is 5. The number of rotatable bonds is 7. The second-order valence-corrected chi connectivity index (χ2v) is 10.9. The van der Waals surface area contributed by atoms with Gasteiger partial charge >= 0.3 is 0 Å². The van der Waals surface area contributed by atoms with Crippen molar-refractivity contribution in [2.24, 2.45) is 0 Å². The summed E-state index contributed by atoms with van der Waals surface area (Å²) < 4.78 is 24.5. The predicted molar refractivity (Wildman–Crippen MR) is 162 cm³/mol. The minimum atomic E-state index is -0.280. The van der Waals surface area contributed by atoms with E-state index in [9.17, 15) is 14.3 Å². The van der Waals surface area contributed by atoms with Crippen LogP contribution in [0.15, 0.2) is 60.7 Å². The molecule has 0 spiro atoms. The lowest BCUT2D eigenvalue weighted by Gasteiger charge is -2.27. The van der Waals surface area contributed by atoms with E-state index in [2.05, 4.69) is 29.2 Å². The summed E-state index contributed by atoms with van der Waals surface area (Å²) in [6, 6.07) is 20.0. The summed E-state index contributed by atoms with van der Waals surface area (Å²) >= 11 is 0. The van der Waals surface area contributed by atoms with Gasteiger partial charge in [0.05, 0.1) is 12.4 Å². The number of benzene rings is 3. The molecule has 0 aromatic heterocycles. The van der Waals surface area contributed by atoms with E-state index in [1.54, 1.807) is 18.0 Å². The molecule has 2 heterocycles. The number of hydrogen-bond donors (Lipinski definition) is 1. The minimum absolute atomic E-state index is 0. The summed E-state index contributed by atoms with van der Waals surface area (Å²) in [7, 11) is 1.79. The summed E-state index contributed by atoms with van der Waals surface area (Å²) in [5.41, 5.74) is 7.46. The average Bonchev–Trinajstić information content (AvgIpc) is 3.33. The van der Waals surface area contributed by atoms with Crippen molar-refractivity contribution >= 4 is 22.7 Å². The first-order valence-electron chi connectivity index (χ1n) is 14.1. The van der Waals surface area contributed by atoms with Gasteiger partial charge in [0.2, 0.25) is 0 Å². The molecule has 0 saturated carbocycles. The quantitative estimate of drug-likeness (QED) is 0.359. The number of halogens is 1. The van der Waals surface area contributed by atoms with Gasteiger partial charge < -0.3 is 19.5 Å². The topological polar surface area (TPSA) is 62.2 Å². The number of likely N-dealkylation sites (tertiary alicyclic amines) is 1. The highest BCUT2D eigenvalue weighted by atomic mass is 19.1. The molecule has 6 rings (SSSR count). The minimum Gasteiger partial charge on any atom is -0.508 e. The molecule has 1 atom stereocenters. The number of carbonyl (C=O) groups is 1. The molecule has 2 aliphatic heterocycles. The molecule has 0 unspecified atom stereocenters. The standard InChI is InChI=1S/C33H35FN2O4.CH4/c1-35-30-19-24(8-13-31(30)39-21-32(35)38)28-5-2-4-23-18-25(37)9-12-29(23)33(28)22-6-10-26(11-7-22)40-27-14-17-36(20-27)16-3-15-34;/h6-13,18-19,27,37H,2-5,14-17,20-21H2,1H3;1H4/t27-;/m0./s1. The molecule has 1 fully saturated rings. The maximum absolute atomic E-state index is 12.6. The normalized spacial score (nSPS) is 18.7. The van der Waals surface area contributed by atoms with Crippen LogP contribution in [0.25, 0.3) is 11.1 Å². The number of nitrogens with zero attached hydrogens (tertiary/aromatic N) is 2. The van der Waals surface area contributed by atoms with Crippen LogP contribution in [0.3, 0.4) is 0 Å². The van der Waals surface area contributed by atoms with Gasteiger partial charge in [-0.05, 0) is 102 Å². The Morgan fingerprint density at radius 1 is 1.05 bits per heavy atom. The molecule has 1 saturated heterocycles. The molecule has 3 aromatic carbocycles. The molecular weight excluding hydrogens is 519 g/mol. The Balaban J connectivity index is 0.00000337. The number of amides is 1. The fourth-order valence-corrected chi connectivity index (χ4v) is 6.12. The van der Waals surface area contributed by atoms with Crippen LogP contribution in [0, 0.1) is 0 Å². The smallest absolute Gasteiger partial charge is 0.264 e. The first-order chi connectivity index (χ1) is 19.5. The lowest BCUT2D eigenvalue weighted by atomic mass is 9.87. The fraction of sp³-hybridized carbons (Fsp3) is 0.382. The lowest BCUT2D eigenvalue weighted by Crippen LogP contribution is -2.35. The second-order valence-electron chi connectivity index (χ2n) is 10.9. The van der Waals surface area contributed by atoms with Crippen LogP contribution >= 0.6 is 0 Å². The van der Waals surface area contributed by atoms with E-state index in [1.165, 1.54) is 5.57 Å². The molecule has 0 radical (unpaired) electrons. The van der Waals surface area contributed by atoms with Crippen molar-refractivity contribution in [1.82, 2.24) is 4.90 Å². The Bertz CT molecular complexity index is 1440. The molecule has 41 heavy (non-hydrogen) atoms. The average molecular weight is 559 g/mol. The zero-order valence-electron chi connectivity index (χ0n) is 22.9. The molecule has 7 heteroatoms. The van der Waals surface area contributed by atoms with Crippen molar-refractivity contribution in [1.29, 1.82) is 0 Å². The highest BCUT2D eigenvalue weighted by Crippen LogP contribution is 2.43. The van der Waals surface area contributed by atoms with Gasteiger partial charge in [-0.2, -0.15) is 0 Å². The predicted octanol–water partition coefficient (Wildman–Crippen LogP) is 6.49. The first-order valence-corrected chi connectivity index (χ1v) is 14.1. The molecule has 3 aliphatic rings. The van der Waals surface area contributed by atoms with Crippen molar-refractivity contribution in [2.75, 3.05) is 44.9 Å². The lowest BCUT2D eigenvalue weighted by molar-refractivity contribution is -0.120. The van der Waals surface area contributed by atoms with Crippen LogP contribution in [0.4, 0.5) is 10.1 Å². The number of carbonyl (C=O) groups excluding carboxylic acids is 1. The number of phenols is 1. The number of fused-ring (bicyclic) bond motifs is 2. The van der Waals surface area contributed by atoms with E-state index in [0.717, 1.165) is 84.6 Å². The Kier molecular flexibility index (Phi) is 8.64. The Morgan fingerprint density at radius 3 is 2.66 bits per heavy atom. The zero-order chi connectivity index (χ0) is 27.6. The van der Waals surface area contributed by atoms with E-state index >= 15 is 0 Å². The van der Waals surface area contributed by atoms with Crippen molar-refractivity contribution in [3.63, 3.8) is 0 Å². The molecule has 0 bridgehead atoms. The molecule has 1 amide bonds. The van der Waals surface area contributed by atoms with Crippen molar-refractivity contribution in [2.45, 2.75) is 45.6 Å². The maximum Gasteiger partial charge on any atom is 0.264 e. The zero-order valence-corrected chi connectivity index (χ0v) is 22.9. The van der Waals surface area contributed by atoms with Gasteiger partial charge in [0.25, 0.3) is 5.91 Å². The molecular formula is C34H39FN2O4. The van der Waals surface area contributed by atoms with Gasteiger partial charge in [0.15, 0.2) is 6.61 Å². The maximum atomic E-state index is 12.6. The van der Waals surface area contributed by atoms with Crippen LogP contribution in [-0.2, 0) is 11.2 Å². The number of allylic oxidation sites excluding steroid dienone is 1. The summed E-state index contributed by atoms with van der Waals surface area (Å²) in [6.45, 7) is 2.32. The SMILES string of the molecule is C.CN1C(=O)COc2ccc(C3=C(c4ccc(O[C@H]5CCN(CCCF)C5)cc4)c4ccc(O)cc4CCC3)cc21. The molecule has 3 aromatic rings. The third-order valence-corrected chi connectivity index (χ3v) is 8.21. The van der Waals surface area contributed by atoms with E-state index in [-0.39, 0.29) is 38.5 Å². The number of aryl methyl sites for hydroxylation is 1. The monoisotopic (exact) mass is 558 g/mol. The van der Waals surface area contributed by atoms with E-state index in [0.29, 0.717) is 12.2 Å². The van der Waals surface area contributed by atoms with Crippen LogP contribution in [-0.4, -0.2) is 62.0 Å². The van der Waals surface area contributed by atoms with E-state index < -0.39 is 0 Å². The van der Waals surface area contributed by atoms with Gasteiger partial charge in [-0.3, -0.25) is 14.1 Å².